The van der Waals surface area contributed by atoms with Gasteiger partial charge in [0, 0.05) is 13.5 Å². The van der Waals surface area contributed by atoms with Gasteiger partial charge in [0.2, 0.25) is 11.8 Å². The van der Waals surface area contributed by atoms with Crippen molar-refractivity contribution in [3.8, 4) is 11.5 Å². The van der Waals surface area contributed by atoms with E-state index in [0.29, 0.717) is 16.6 Å². The number of aryl methyl sites for hydroxylation is 1. The van der Waals surface area contributed by atoms with Crippen molar-refractivity contribution in [2.45, 2.75) is 19.4 Å². The van der Waals surface area contributed by atoms with E-state index in [9.17, 15) is 14.7 Å². The number of hydrogen-bond donors (Lipinski definition) is 2. The van der Waals surface area contributed by atoms with Gasteiger partial charge < -0.3 is 20.1 Å². The van der Waals surface area contributed by atoms with Crippen LogP contribution in [0.25, 0.3) is 0 Å². The maximum absolute atomic E-state index is 12.1. The predicted octanol–water partition coefficient (Wildman–Crippen LogP) is 0.971. The van der Waals surface area contributed by atoms with Gasteiger partial charge in [-0.05, 0) is 34.0 Å². The van der Waals surface area contributed by atoms with Gasteiger partial charge in [-0.1, -0.05) is 6.07 Å². The molecule has 1 fully saturated rings. The van der Waals surface area contributed by atoms with E-state index in [1.54, 1.807) is 7.05 Å². The largest absolute Gasteiger partial charge is 0.503 e. The molecule has 1 saturated heterocycles. The molecule has 1 aliphatic rings. The Morgan fingerprint density at radius 1 is 1.52 bits per heavy atom. The third-order valence-electron chi connectivity index (χ3n) is 3.47. The van der Waals surface area contributed by atoms with Crippen molar-refractivity contribution in [3.63, 3.8) is 0 Å². The number of phenolic OH excluding ortho intramolecular Hbond substituents is 1. The van der Waals surface area contributed by atoms with Crippen LogP contribution in [0.4, 0.5) is 0 Å². The number of aromatic hydroxyl groups is 1. The molecule has 2 N–H and O–H groups in total. The highest BCUT2D eigenvalue weighted by Crippen LogP contribution is 2.39. The lowest BCUT2D eigenvalue weighted by atomic mass is 10.0. The van der Waals surface area contributed by atoms with Gasteiger partial charge in [-0.2, -0.15) is 0 Å². The van der Waals surface area contributed by atoms with Crippen LogP contribution in [0.15, 0.2) is 10.5 Å². The number of nitrogens with one attached hydrogen (secondary N) is 1. The third-order valence-corrected chi connectivity index (χ3v) is 4.36. The first-order valence-corrected chi connectivity index (χ1v) is 7.23. The molecule has 1 unspecified atom stereocenters. The molecule has 0 aromatic heterocycles. The number of benzene rings is 1. The molecule has 1 heterocycles. The first-order valence-electron chi connectivity index (χ1n) is 6.44. The number of rotatable bonds is 3. The third kappa shape index (κ3) is 2.97. The fraction of sp³-hybridized carbons (Fsp3) is 0.429. The van der Waals surface area contributed by atoms with Crippen molar-refractivity contribution >= 4 is 27.7 Å². The molecule has 0 spiro atoms. The summed E-state index contributed by atoms with van der Waals surface area (Å²) < 4.78 is 5.60. The van der Waals surface area contributed by atoms with Gasteiger partial charge in [-0.25, -0.2) is 0 Å². The summed E-state index contributed by atoms with van der Waals surface area (Å²) in [6, 6.07) is 1.20. The second kappa shape index (κ2) is 5.93. The van der Waals surface area contributed by atoms with Crippen LogP contribution >= 0.6 is 15.9 Å². The summed E-state index contributed by atoms with van der Waals surface area (Å²) in [5.41, 5.74) is 1.50. The molecule has 0 aliphatic carbocycles. The summed E-state index contributed by atoms with van der Waals surface area (Å²) in [6.45, 7) is 1.88. The molecule has 1 aromatic rings. The lowest BCUT2D eigenvalue weighted by molar-refractivity contribution is -0.142. The van der Waals surface area contributed by atoms with Crippen molar-refractivity contribution in [2.24, 2.45) is 0 Å². The Bertz CT molecular complexity index is 603. The molecule has 21 heavy (non-hydrogen) atoms. The van der Waals surface area contributed by atoms with Crippen molar-refractivity contribution in [2.75, 3.05) is 20.7 Å². The molecular formula is C14H17BrN2O4. The van der Waals surface area contributed by atoms with Gasteiger partial charge in [0.25, 0.3) is 0 Å². The number of halogens is 1. The fourth-order valence-electron chi connectivity index (χ4n) is 2.45. The smallest absolute Gasteiger partial charge is 0.245 e. The van der Waals surface area contributed by atoms with Gasteiger partial charge in [-0.15, -0.1) is 0 Å². The molecule has 2 amide bonds. The highest BCUT2D eigenvalue weighted by molar-refractivity contribution is 9.10. The minimum absolute atomic E-state index is 0.00422. The average Bonchev–Trinajstić information content (AvgIpc) is 2.41. The molecule has 1 aromatic carbocycles. The van der Waals surface area contributed by atoms with E-state index in [2.05, 4.69) is 21.2 Å². The molecule has 1 atom stereocenters. The molecule has 0 bridgehead atoms. The maximum atomic E-state index is 12.1. The molecule has 6 nitrogen and oxygen atoms in total. The van der Waals surface area contributed by atoms with Gasteiger partial charge in [-0.3, -0.25) is 9.59 Å². The van der Waals surface area contributed by atoms with E-state index < -0.39 is 6.04 Å². The number of hydrogen-bond acceptors (Lipinski definition) is 4. The monoisotopic (exact) mass is 356 g/mol. The van der Waals surface area contributed by atoms with Gasteiger partial charge in [0.05, 0.1) is 18.1 Å². The van der Waals surface area contributed by atoms with Crippen LogP contribution in [0.2, 0.25) is 0 Å². The van der Waals surface area contributed by atoms with Crippen LogP contribution in [-0.2, 0) is 16.0 Å². The first-order chi connectivity index (χ1) is 9.85. The van der Waals surface area contributed by atoms with E-state index in [1.165, 1.54) is 12.0 Å². The summed E-state index contributed by atoms with van der Waals surface area (Å²) in [5.74, 6) is 0.0549. The lowest BCUT2D eigenvalue weighted by Gasteiger charge is -2.30. The highest BCUT2D eigenvalue weighted by atomic mass is 79.9. The number of amides is 2. The van der Waals surface area contributed by atoms with Crippen LogP contribution < -0.4 is 10.1 Å². The lowest BCUT2D eigenvalue weighted by Crippen LogP contribution is -2.57. The topological polar surface area (TPSA) is 78.9 Å². The number of piperazine rings is 1. The zero-order valence-corrected chi connectivity index (χ0v) is 13.7. The van der Waals surface area contributed by atoms with E-state index >= 15 is 0 Å². The number of likely N-dealkylation sites (N-methyl/N-ethyl adjacent to an activating group) is 1. The van der Waals surface area contributed by atoms with Crippen molar-refractivity contribution in [1.82, 2.24) is 10.2 Å². The fourth-order valence-corrected chi connectivity index (χ4v) is 2.91. The summed E-state index contributed by atoms with van der Waals surface area (Å²) in [4.78, 5) is 25.0. The average molecular weight is 357 g/mol. The minimum Gasteiger partial charge on any atom is -0.503 e. The molecule has 1 aliphatic heterocycles. The Hall–Kier alpha value is -1.76. The van der Waals surface area contributed by atoms with Gasteiger partial charge in [0.1, 0.15) is 6.04 Å². The summed E-state index contributed by atoms with van der Waals surface area (Å²) in [6.07, 6.45) is 0.299. The van der Waals surface area contributed by atoms with E-state index in [4.69, 9.17) is 4.74 Å². The molecular weight excluding hydrogens is 340 g/mol. The minimum atomic E-state index is -0.625. The Morgan fingerprint density at radius 3 is 2.81 bits per heavy atom. The van der Waals surface area contributed by atoms with Crippen LogP contribution in [0.3, 0.4) is 0 Å². The van der Waals surface area contributed by atoms with Crippen molar-refractivity contribution < 1.29 is 19.4 Å². The molecule has 0 radical (unpaired) electrons. The van der Waals surface area contributed by atoms with Gasteiger partial charge in [0.15, 0.2) is 11.5 Å². The Labute approximate surface area is 131 Å². The van der Waals surface area contributed by atoms with Crippen molar-refractivity contribution in [1.29, 1.82) is 0 Å². The number of nitrogens with zero attached hydrogens (tertiary/aromatic N) is 1. The highest BCUT2D eigenvalue weighted by Gasteiger charge is 2.31. The van der Waals surface area contributed by atoms with Crippen LogP contribution in [-0.4, -0.2) is 48.6 Å². The van der Waals surface area contributed by atoms with E-state index in [-0.39, 0.29) is 24.1 Å². The molecule has 114 valence electrons. The normalized spacial score (nSPS) is 18.7. The van der Waals surface area contributed by atoms with Crippen LogP contribution in [0.5, 0.6) is 11.5 Å². The Kier molecular flexibility index (Phi) is 4.41. The quantitative estimate of drug-likeness (QED) is 0.845. The van der Waals surface area contributed by atoms with Gasteiger partial charge >= 0.3 is 0 Å². The number of carbonyl (C=O) groups is 2. The van der Waals surface area contributed by atoms with E-state index in [1.807, 2.05) is 13.0 Å². The second-order valence-corrected chi connectivity index (χ2v) is 5.86. The zero-order chi connectivity index (χ0) is 15.7. The number of ether oxygens (including phenoxy) is 1. The number of carbonyl (C=O) groups excluding carboxylic acids is 2. The van der Waals surface area contributed by atoms with Crippen LogP contribution in [0, 0.1) is 6.92 Å². The van der Waals surface area contributed by atoms with E-state index in [0.717, 1.165) is 11.1 Å². The first kappa shape index (κ1) is 15.6. The second-order valence-electron chi connectivity index (χ2n) is 5.07. The Balaban J connectivity index is 2.31. The maximum Gasteiger partial charge on any atom is 0.245 e. The Morgan fingerprint density at radius 2 is 2.19 bits per heavy atom. The zero-order valence-electron chi connectivity index (χ0n) is 12.1. The van der Waals surface area contributed by atoms with Crippen LogP contribution in [0.1, 0.15) is 11.1 Å². The molecule has 7 heteroatoms. The molecule has 2 rings (SSSR count). The summed E-state index contributed by atoms with van der Waals surface area (Å²) in [5, 5.41) is 12.8. The standard InChI is InChI=1S/C14H17BrN2O4/c1-7-4-8(11(15)12(19)13(7)21-3)5-9-14(20)17(2)6-10(18)16-9/h4,9,19H,5-6H2,1-3H3,(H,16,18). The predicted molar refractivity (Wildman–Crippen MR) is 80.4 cm³/mol. The molecule has 0 saturated carbocycles. The summed E-state index contributed by atoms with van der Waals surface area (Å²) in [7, 11) is 3.08. The number of methoxy groups -OCH3 is 1. The number of phenols is 1. The SMILES string of the molecule is COc1c(C)cc(CC2NC(=O)CN(C)C2=O)c(Br)c1O. The van der Waals surface area contributed by atoms with Crippen molar-refractivity contribution in [3.05, 3.63) is 21.7 Å². The summed E-state index contributed by atoms with van der Waals surface area (Å²) >= 11 is 3.32.